The highest BCUT2D eigenvalue weighted by Crippen LogP contribution is 2.26. The first-order valence-corrected chi connectivity index (χ1v) is 7.21. The monoisotopic (exact) mass is 261 g/mol. The van der Waals surface area contributed by atoms with E-state index in [1.165, 1.54) is 11.1 Å². The Hall–Kier alpha value is -1.32. The second kappa shape index (κ2) is 6.57. The molecule has 0 aliphatic heterocycles. The molecule has 18 heavy (non-hydrogen) atoms. The maximum absolute atomic E-state index is 5.68. The third-order valence-corrected chi connectivity index (χ3v) is 3.53. The van der Waals surface area contributed by atoms with Crippen molar-refractivity contribution in [2.45, 2.75) is 19.4 Å². The average Bonchev–Trinajstić information content (AvgIpc) is 2.92. The molecular formula is C15H19NOS. The van der Waals surface area contributed by atoms with E-state index in [4.69, 9.17) is 4.74 Å². The fraction of sp³-hybridized carbons (Fsp3) is 0.333. The smallest absolute Gasteiger partial charge is 0.119 e. The van der Waals surface area contributed by atoms with E-state index in [2.05, 4.69) is 47.3 Å². The van der Waals surface area contributed by atoms with Crippen molar-refractivity contribution in [2.75, 3.05) is 13.7 Å². The highest BCUT2D eigenvalue weighted by Gasteiger charge is 2.12. The van der Waals surface area contributed by atoms with Gasteiger partial charge in [0.1, 0.15) is 5.75 Å². The lowest BCUT2D eigenvalue weighted by atomic mass is 10.0. The van der Waals surface area contributed by atoms with E-state index in [9.17, 15) is 0 Å². The summed E-state index contributed by atoms with van der Waals surface area (Å²) >= 11 is 1.72. The molecule has 0 saturated heterocycles. The molecule has 1 unspecified atom stereocenters. The summed E-state index contributed by atoms with van der Waals surface area (Å²) in [4.78, 5) is 0. The first kappa shape index (κ1) is 13.1. The first-order valence-electron chi connectivity index (χ1n) is 6.27. The van der Waals surface area contributed by atoms with Gasteiger partial charge in [-0.15, -0.1) is 0 Å². The van der Waals surface area contributed by atoms with Crippen LogP contribution in [0.3, 0.4) is 0 Å². The van der Waals surface area contributed by atoms with Crippen molar-refractivity contribution < 1.29 is 4.74 Å². The van der Waals surface area contributed by atoms with Gasteiger partial charge in [-0.3, -0.25) is 0 Å². The number of hydrogen-bond donors (Lipinski definition) is 1. The minimum absolute atomic E-state index is 0.237. The van der Waals surface area contributed by atoms with Crippen molar-refractivity contribution in [3.8, 4) is 5.75 Å². The van der Waals surface area contributed by atoms with Crippen molar-refractivity contribution in [1.82, 2.24) is 5.32 Å². The lowest BCUT2D eigenvalue weighted by Gasteiger charge is -2.16. The number of hydrogen-bond acceptors (Lipinski definition) is 3. The van der Waals surface area contributed by atoms with Gasteiger partial charge in [0.15, 0.2) is 0 Å². The minimum Gasteiger partial charge on any atom is -0.494 e. The highest BCUT2D eigenvalue weighted by molar-refractivity contribution is 7.08. The molecule has 0 saturated carbocycles. The van der Waals surface area contributed by atoms with Crippen LogP contribution in [-0.2, 0) is 0 Å². The van der Waals surface area contributed by atoms with E-state index < -0.39 is 0 Å². The quantitative estimate of drug-likeness (QED) is 0.853. The Morgan fingerprint density at radius 3 is 2.83 bits per heavy atom. The summed E-state index contributed by atoms with van der Waals surface area (Å²) in [6, 6.07) is 10.7. The number of rotatable bonds is 6. The molecule has 0 spiro atoms. The van der Waals surface area contributed by atoms with Crippen LogP contribution in [0.15, 0.2) is 41.1 Å². The van der Waals surface area contributed by atoms with E-state index in [0.29, 0.717) is 0 Å². The van der Waals surface area contributed by atoms with Crippen molar-refractivity contribution >= 4 is 11.3 Å². The summed E-state index contributed by atoms with van der Waals surface area (Å²) in [7, 11) is 1.99. The molecule has 1 atom stereocenters. The SMILES string of the molecule is CCCOc1cccc(C(NC)c2ccsc2)c1. The summed E-state index contributed by atoms with van der Waals surface area (Å²) in [6.45, 7) is 2.89. The highest BCUT2D eigenvalue weighted by atomic mass is 32.1. The van der Waals surface area contributed by atoms with E-state index in [-0.39, 0.29) is 6.04 Å². The zero-order chi connectivity index (χ0) is 12.8. The molecule has 0 bridgehead atoms. The van der Waals surface area contributed by atoms with Crippen molar-refractivity contribution in [2.24, 2.45) is 0 Å². The molecule has 0 amide bonds. The number of benzene rings is 1. The fourth-order valence-corrected chi connectivity index (χ4v) is 2.65. The summed E-state index contributed by atoms with van der Waals surface area (Å²) in [5.41, 5.74) is 2.54. The van der Waals surface area contributed by atoms with Crippen LogP contribution in [0.2, 0.25) is 0 Å². The molecule has 1 N–H and O–H groups in total. The zero-order valence-electron chi connectivity index (χ0n) is 10.8. The Labute approximate surface area is 113 Å². The predicted molar refractivity (Wildman–Crippen MR) is 77.4 cm³/mol. The Kier molecular flexibility index (Phi) is 4.79. The van der Waals surface area contributed by atoms with Gasteiger partial charge >= 0.3 is 0 Å². The van der Waals surface area contributed by atoms with Crippen molar-refractivity contribution in [3.05, 3.63) is 52.2 Å². The summed E-state index contributed by atoms with van der Waals surface area (Å²) in [5, 5.41) is 7.64. The van der Waals surface area contributed by atoms with Crippen LogP contribution in [0.4, 0.5) is 0 Å². The van der Waals surface area contributed by atoms with Gasteiger partial charge in [-0.05, 0) is 53.6 Å². The molecule has 1 aromatic carbocycles. The number of thiophene rings is 1. The number of nitrogens with one attached hydrogen (secondary N) is 1. The molecule has 96 valence electrons. The lowest BCUT2D eigenvalue weighted by Crippen LogP contribution is -2.16. The molecule has 3 heteroatoms. The third kappa shape index (κ3) is 3.12. The maximum Gasteiger partial charge on any atom is 0.119 e. The molecule has 0 radical (unpaired) electrons. The van der Waals surface area contributed by atoms with Crippen molar-refractivity contribution in [3.63, 3.8) is 0 Å². The van der Waals surface area contributed by atoms with E-state index in [0.717, 1.165) is 18.8 Å². The molecule has 0 aliphatic rings. The Morgan fingerprint density at radius 1 is 1.28 bits per heavy atom. The lowest BCUT2D eigenvalue weighted by molar-refractivity contribution is 0.317. The van der Waals surface area contributed by atoms with Gasteiger partial charge in [-0.1, -0.05) is 19.1 Å². The van der Waals surface area contributed by atoms with Crippen LogP contribution in [-0.4, -0.2) is 13.7 Å². The van der Waals surface area contributed by atoms with Crippen LogP contribution in [0.25, 0.3) is 0 Å². The van der Waals surface area contributed by atoms with Crippen LogP contribution in [0.5, 0.6) is 5.75 Å². The molecule has 0 fully saturated rings. The van der Waals surface area contributed by atoms with Gasteiger partial charge in [0.2, 0.25) is 0 Å². The van der Waals surface area contributed by atoms with Gasteiger partial charge in [-0.25, -0.2) is 0 Å². The molecule has 1 aromatic heterocycles. The molecule has 2 rings (SSSR count). The second-order valence-electron chi connectivity index (χ2n) is 4.20. The maximum atomic E-state index is 5.68. The molecular weight excluding hydrogens is 242 g/mol. The molecule has 2 aromatic rings. The normalized spacial score (nSPS) is 12.3. The van der Waals surface area contributed by atoms with E-state index in [1.807, 2.05) is 13.1 Å². The van der Waals surface area contributed by atoms with Crippen LogP contribution in [0, 0.1) is 0 Å². The minimum atomic E-state index is 0.237. The predicted octanol–water partition coefficient (Wildman–Crippen LogP) is 3.85. The average molecular weight is 261 g/mol. The Morgan fingerprint density at radius 2 is 2.17 bits per heavy atom. The second-order valence-corrected chi connectivity index (χ2v) is 4.98. The summed E-state index contributed by atoms with van der Waals surface area (Å²) in [6.07, 6.45) is 1.03. The number of ether oxygens (including phenoxy) is 1. The largest absolute Gasteiger partial charge is 0.494 e. The van der Waals surface area contributed by atoms with Crippen LogP contribution >= 0.6 is 11.3 Å². The third-order valence-electron chi connectivity index (χ3n) is 2.83. The van der Waals surface area contributed by atoms with Gasteiger partial charge in [0.25, 0.3) is 0 Å². The topological polar surface area (TPSA) is 21.3 Å². The van der Waals surface area contributed by atoms with Crippen molar-refractivity contribution in [1.29, 1.82) is 0 Å². The van der Waals surface area contributed by atoms with Crippen LogP contribution < -0.4 is 10.1 Å². The van der Waals surface area contributed by atoms with Gasteiger partial charge < -0.3 is 10.1 Å². The Balaban J connectivity index is 2.20. The molecule has 1 heterocycles. The van der Waals surface area contributed by atoms with Gasteiger partial charge in [-0.2, -0.15) is 11.3 Å². The first-order chi connectivity index (χ1) is 8.85. The fourth-order valence-electron chi connectivity index (χ4n) is 1.97. The zero-order valence-corrected chi connectivity index (χ0v) is 11.7. The Bertz CT molecular complexity index is 467. The van der Waals surface area contributed by atoms with Gasteiger partial charge in [0, 0.05) is 0 Å². The summed E-state index contributed by atoms with van der Waals surface area (Å²) < 4.78 is 5.68. The molecule has 2 nitrogen and oxygen atoms in total. The van der Waals surface area contributed by atoms with E-state index >= 15 is 0 Å². The molecule has 0 aliphatic carbocycles. The van der Waals surface area contributed by atoms with E-state index in [1.54, 1.807) is 11.3 Å². The standard InChI is InChI=1S/C15H19NOS/c1-3-8-17-14-6-4-5-12(10-14)15(16-2)13-7-9-18-11-13/h4-7,9-11,15-16H,3,8H2,1-2H3. The van der Waals surface area contributed by atoms with Crippen LogP contribution in [0.1, 0.15) is 30.5 Å². The summed E-state index contributed by atoms with van der Waals surface area (Å²) in [5.74, 6) is 0.949. The van der Waals surface area contributed by atoms with Gasteiger partial charge in [0.05, 0.1) is 12.6 Å².